The Labute approximate surface area is 179 Å². The summed E-state index contributed by atoms with van der Waals surface area (Å²) in [6, 6.07) is 8.26. The SMILES string of the molecule is CN(C)C(=O)[C@H]1CC[C@H]2[C@@H](C1)N(Cc1ccccc1)S(=O)(=O)N2C(=O)OC(C)(C)C. The van der Waals surface area contributed by atoms with Crippen LogP contribution in [0.2, 0.25) is 0 Å². The van der Waals surface area contributed by atoms with Crippen molar-refractivity contribution in [2.24, 2.45) is 5.92 Å². The molecule has 1 saturated heterocycles. The molecule has 0 spiro atoms. The molecule has 1 aromatic rings. The minimum atomic E-state index is -4.08. The van der Waals surface area contributed by atoms with Gasteiger partial charge in [-0.1, -0.05) is 30.3 Å². The van der Waals surface area contributed by atoms with Crippen LogP contribution in [0.4, 0.5) is 4.79 Å². The maximum atomic E-state index is 13.5. The molecule has 3 atom stereocenters. The van der Waals surface area contributed by atoms with Crippen LogP contribution in [0.25, 0.3) is 0 Å². The summed E-state index contributed by atoms with van der Waals surface area (Å²) >= 11 is 0. The molecular weight excluding hydrogens is 406 g/mol. The van der Waals surface area contributed by atoms with Gasteiger partial charge >= 0.3 is 16.3 Å². The topological polar surface area (TPSA) is 87.2 Å². The van der Waals surface area contributed by atoms with Crippen LogP contribution < -0.4 is 0 Å². The van der Waals surface area contributed by atoms with Crippen molar-refractivity contribution >= 4 is 22.2 Å². The van der Waals surface area contributed by atoms with Gasteiger partial charge in [-0.25, -0.2) is 4.79 Å². The number of benzene rings is 1. The molecule has 0 N–H and O–H groups in total. The van der Waals surface area contributed by atoms with Gasteiger partial charge in [0.05, 0.1) is 6.04 Å². The van der Waals surface area contributed by atoms with Crippen molar-refractivity contribution in [3.8, 4) is 0 Å². The van der Waals surface area contributed by atoms with Crippen LogP contribution >= 0.6 is 0 Å². The molecule has 1 heterocycles. The number of carbonyl (C=O) groups is 2. The molecule has 2 amide bonds. The lowest BCUT2D eigenvalue weighted by molar-refractivity contribution is -0.134. The van der Waals surface area contributed by atoms with Gasteiger partial charge in [0.25, 0.3) is 0 Å². The Kier molecular flexibility index (Phi) is 6.15. The fourth-order valence-corrected chi connectivity index (χ4v) is 6.18. The molecule has 0 unspecified atom stereocenters. The van der Waals surface area contributed by atoms with Crippen molar-refractivity contribution in [2.75, 3.05) is 14.1 Å². The summed E-state index contributed by atoms with van der Waals surface area (Å²) in [7, 11) is -0.677. The van der Waals surface area contributed by atoms with E-state index in [0.717, 1.165) is 9.87 Å². The molecule has 1 saturated carbocycles. The highest BCUT2D eigenvalue weighted by molar-refractivity contribution is 7.87. The summed E-state index contributed by atoms with van der Waals surface area (Å²) in [6.07, 6.45) is 0.489. The summed E-state index contributed by atoms with van der Waals surface area (Å²) in [5, 5.41) is 0. The van der Waals surface area contributed by atoms with Crippen LogP contribution in [0.1, 0.15) is 45.6 Å². The van der Waals surface area contributed by atoms with Gasteiger partial charge in [0, 0.05) is 32.6 Å². The largest absolute Gasteiger partial charge is 0.443 e. The highest BCUT2D eigenvalue weighted by Gasteiger charge is 2.57. The van der Waals surface area contributed by atoms with Crippen LogP contribution in [-0.2, 0) is 26.3 Å². The number of rotatable bonds is 3. The molecule has 1 aliphatic carbocycles. The van der Waals surface area contributed by atoms with Crippen LogP contribution in [0.15, 0.2) is 30.3 Å². The Bertz CT molecular complexity index is 895. The molecule has 0 aromatic heterocycles. The van der Waals surface area contributed by atoms with Gasteiger partial charge in [-0.05, 0) is 45.6 Å². The lowest BCUT2D eigenvalue weighted by Crippen LogP contribution is -2.47. The predicted octanol–water partition coefficient (Wildman–Crippen LogP) is 2.61. The Morgan fingerprint density at radius 2 is 1.73 bits per heavy atom. The summed E-state index contributed by atoms with van der Waals surface area (Å²) in [4.78, 5) is 27.0. The Hall–Kier alpha value is -2.13. The maximum Gasteiger partial charge on any atom is 0.425 e. The fraction of sp³-hybridized carbons (Fsp3) is 0.619. The second-order valence-corrected chi connectivity index (χ2v) is 11.0. The van der Waals surface area contributed by atoms with Gasteiger partial charge < -0.3 is 9.64 Å². The molecule has 8 nitrogen and oxygen atoms in total. The van der Waals surface area contributed by atoms with Gasteiger partial charge in [0.1, 0.15) is 5.60 Å². The third kappa shape index (κ3) is 4.46. The standard InChI is InChI=1S/C21H31N3O5S/c1-21(2,3)29-20(26)24-17-12-11-16(19(25)22(4)5)13-18(17)23(30(24,27)28)14-15-9-7-6-8-10-15/h6-10,16-18H,11-14H2,1-5H3/t16-,17-,18+/m0/s1. The number of amides is 2. The zero-order chi connectivity index (χ0) is 22.3. The fourth-order valence-electron chi connectivity index (χ4n) is 4.26. The second-order valence-electron chi connectivity index (χ2n) is 9.19. The van der Waals surface area contributed by atoms with E-state index in [0.29, 0.717) is 19.3 Å². The molecule has 2 fully saturated rings. The zero-order valence-corrected chi connectivity index (χ0v) is 19.1. The Balaban J connectivity index is 1.96. The van der Waals surface area contributed by atoms with E-state index in [4.69, 9.17) is 4.74 Å². The smallest absolute Gasteiger partial charge is 0.425 e. The molecule has 9 heteroatoms. The van der Waals surface area contributed by atoms with Crippen molar-refractivity contribution < 1.29 is 22.7 Å². The van der Waals surface area contributed by atoms with Crippen molar-refractivity contribution in [1.82, 2.24) is 13.5 Å². The molecule has 3 rings (SSSR count). The third-order valence-electron chi connectivity index (χ3n) is 5.54. The summed E-state index contributed by atoms with van der Waals surface area (Å²) in [5.41, 5.74) is 0.0134. The average molecular weight is 438 g/mol. The van der Waals surface area contributed by atoms with Gasteiger partial charge in [-0.15, -0.1) is 0 Å². The molecule has 166 valence electrons. The number of fused-ring (bicyclic) bond motifs is 1. The molecule has 1 aromatic carbocycles. The zero-order valence-electron chi connectivity index (χ0n) is 18.2. The predicted molar refractivity (Wildman–Crippen MR) is 113 cm³/mol. The number of hydrogen-bond acceptors (Lipinski definition) is 5. The first-order valence-electron chi connectivity index (χ1n) is 10.2. The van der Waals surface area contributed by atoms with E-state index in [1.54, 1.807) is 39.8 Å². The first kappa shape index (κ1) is 22.6. The van der Waals surface area contributed by atoms with Gasteiger partial charge in [-0.2, -0.15) is 17.0 Å². The van der Waals surface area contributed by atoms with Crippen LogP contribution in [0, 0.1) is 5.92 Å². The van der Waals surface area contributed by atoms with E-state index in [2.05, 4.69) is 0 Å². The van der Waals surface area contributed by atoms with Crippen molar-refractivity contribution in [3.05, 3.63) is 35.9 Å². The van der Waals surface area contributed by atoms with Crippen LogP contribution in [0.3, 0.4) is 0 Å². The van der Waals surface area contributed by atoms with Gasteiger partial charge in [-0.3, -0.25) is 4.79 Å². The summed E-state index contributed by atoms with van der Waals surface area (Å²) in [6.45, 7) is 5.27. The molecule has 30 heavy (non-hydrogen) atoms. The first-order valence-corrected chi connectivity index (χ1v) is 11.6. The van der Waals surface area contributed by atoms with Crippen LogP contribution in [0.5, 0.6) is 0 Å². The lowest BCUT2D eigenvalue weighted by atomic mass is 9.81. The average Bonchev–Trinajstić information content (AvgIpc) is 2.86. The molecular formula is C21H31N3O5S. The minimum absolute atomic E-state index is 0.0128. The number of ether oxygens (including phenoxy) is 1. The normalized spacial score (nSPS) is 26.2. The Morgan fingerprint density at radius 1 is 1.10 bits per heavy atom. The molecule has 1 aliphatic heterocycles. The maximum absolute atomic E-state index is 13.5. The monoisotopic (exact) mass is 437 g/mol. The first-order chi connectivity index (χ1) is 13.9. The van der Waals surface area contributed by atoms with Gasteiger partial charge in [0.15, 0.2) is 0 Å². The number of hydrogen-bond donors (Lipinski definition) is 0. The Morgan fingerprint density at radius 3 is 2.30 bits per heavy atom. The van der Waals surface area contributed by atoms with E-state index in [1.165, 1.54) is 4.31 Å². The lowest BCUT2D eigenvalue weighted by Gasteiger charge is -2.35. The molecule has 0 bridgehead atoms. The van der Waals surface area contributed by atoms with Crippen molar-refractivity contribution in [3.63, 3.8) is 0 Å². The quantitative estimate of drug-likeness (QED) is 0.725. The summed E-state index contributed by atoms with van der Waals surface area (Å²) < 4.78 is 34.6. The van der Waals surface area contributed by atoms with E-state index in [1.807, 2.05) is 30.3 Å². The molecule has 0 radical (unpaired) electrons. The van der Waals surface area contributed by atoms with E-state index >= 15 is 0 Å². The van der Waals surface area contributed by atoms with Gasteiger partial charge in [0.2, 0.25) is 5.91 Å². The van der Waals surface area contributed by atoms with E-state index < -0.39 is 34.0 Å². The van der Waals surface area contributed by atoms with Crippen molar-refractivity contribution in [1.29, 1.82) is 0 Å². The second kappa shape index (κ2) is 8.19. The van der Waals surface area contributed by atoms with E-state index in [-0.39, 0.29) is 18.4 Å². The number of carbonyl (C=O) groups excluding carboxylic acids is 2. The van der Waals surface area contributed by atoms with Crippen molar-refractivity contribution in [2.45, 2.75) is 64.3 Å². The summed E-state index contributed by atoms with van der Waals surface area (Å²) in [5.74, 6) is -0.283. The third-order valence-corrected chi connectivity index (χ3v) is 7.45. The highest BCUT2D eigenvalue weighted by atomic mass is 32.2. The van der Waals surface area contributed by atoms with E-state index in [9.17, 15) is 18.0 Å². The highest BCUT2D eigenvalue weighted by Crippen LogP contribution is 2.41. The minimum Gasteiger partial charge on any atom is -0.443 e. The molecule has 2 aliphatic rings. The van der Waals surface area contributed by atoms with Crippen LogP contribution in [-0.4, -0.2) is 65.7 Å². The number of nitrogens with zero attached hydrogens (tertiary/aromatic N) is 3.